The van der Waals surface area contributed by atoms with Crippen molar-refractivity contribution in [2.24, 2.45) is 0 Å². The zero-order valence-electron chi connectivity index (χ0n) is 55.6. The third-order valence-electron chi connectivity index (χ3n) is 14.3. The molecular weight excluding hydrogens is 1170 g/mol. The summed E-state index contributed by atoms with van der Waals surface area (Å²) in [4.78, 5) is 58.4. The minimum absolute atomic E-state index is 0.0842. The van der Waals surface area contributed by atoms with Crippen LogP contribution in [0.5, 0.6) is 0 Å². The Hall–Kier alpha value is -3.53. The summed E-state index contributed by atoms with van der Waals surface area (Å²) in [5, 5.41) is 20.5. The first-order chi connectivity index (χ1) is 43.2. The predicted octanol–water partition coefficient (Wildman–Crippen LogP) is 19.1. The molecule has 4 N–H and O–H groups in total. The number of unbranched alkanes of at least 4 members (excludes halogenated alkanes) is 26. The first kappa shape index (κ1) is 85.5. The molecule has 0 saturated heterocycles. The van der Waals surface area contributed by atoms with E-state index in [0.29, 0.717) is 19.3 Å². The van der Waals surface area contributed by atoms with Crippen molar-refractivity contribution >= 4 is 33.6 Å². The van der Waals surface area contributed by atoms with Gasteiger partial charge in [-0.3, -0.25) is 32.5 Å². The topological polar surface area (TPSA) is 231 Å². The predicted molar refractivity (Wildman–Crippen MR) is 362 cm³/mol. The summed E-state index contributed by atoms with van der Waals surface area (Å²) in [6.45, 7) is 2.54. The molecule has 0 amide bonds. The van der Waals surface area contributed by atoms with Gasteiger partial charge < -0.3 is 34.2 Å². The molecule has 5 atom stereocenters. The largest absolute Gasteiger partial charge is 0.472 e. The van der Waals surface area contributed by atoms with Crippen LogP contribution in [0.2, 0.25) is 0 Å². The van der Waals surface area contributed by atoms with Crippen molar-refractivity contribution in [1.29, 1.82) is 0 Å². The number of esters is 3. The van der Waals surface area contributed by atoms with Crippen LogP contribution in [0, 0.1) is 0 Å². The number of carbonyl (C=O) groups is 3. The Labute approximate surface area is 539 Å². The second-order valence-electron chi connectivity index (χ2n) is 23.0. The van der Waals surface area contributed by atoms with Gasteiger partial charge in [-0.1, -0.05) is 227 Å². The van der Waals surface area contributed by atoms with E-state index in [1.165, 1.54) is 64.2 Å². The van der Waals surface area contributed by atoms with Crippen molar-refractivity contribution in [1.82, 2.24) is 0 Å². The quantitative estimate of drug-likeness (QED) is 0.0146. The molecule has 0 aliphatic carbocycles. The van der Waals surface area contributed by atoms with E-state index in [1.807, 2.05) is 0 Å². The number of phosphoric acid groups is 2. The third-order valence-corrected chi connectivity index (χ3v) is 16.2. The lowest BCUT2D eigenvalue weighted by molar-refractivity contribution is -0.161. The van der Waals surface area contributed by atoms with Gasteiger partial charge in [0.05, 0.1) is 26.4 Å². The van der Waals surface area contributed by atoms with Gasteiger partial charge in [0, 0.05) is 19.3 Å². The van der Waals surface area contributed by atoms with Crippen LogP contribution in [0.4, 0.5) is 0 Å². The summed E-state index contributed by atoms with van der Waals surface area (Å²) in [6.07, 6.45) is 70.2. The number of aliphatic hydroxyl groups excluding tert-OH is 2. The van der Waals surface area contributed by atoms with Crippen molar-refractivity contribution in [2.45, 2.75) is 296 Å². The smallest absolute Gasteiger partial charge is 0.463 e. The van der Waals surface area contributed by atoms with Gasteiger partial charge in [-0.2, -0.15) is 0 Å². The molecule has 0 aliphatic rings. The van der Waals surface area contributed by atoms with E-state index in [-0.39, 0.29) is 19.3 Å². The van der Waals surface area contributed by atoms with Gasteiger partial charge in [-0.25, -0.2) is 9.13 Å². The minimum atomic E-state index is -4.93. The molecule has 0 radical (unpaired) electrons. The fraction of sp³-hybridized carbons (Fsp3) is 0.732. The molecule has 0 aliphatic heterocycles. The highest BCUT2D eigenvalue weighted by Gasteiger charge is 2.29. The molecule has 0 aromatic carbocycles. The molecule has 0 saturated carbocycles. The van der Waals surface area contributed by atoms with E-state index in [4.69, 9.17) is 32.3 Å². The lowest BCUT2D eigenvalue weighted by atomic mass is 10.1. The average Bonchev–Trinajstić information content (AvgIpc) is 3.54. The van der Waals surface area contributed by atoms with Gasteiger partial charge in [0.25, 0.3) is 0 Å². The van der Waals surface area contributed by atoms with Gasteiger partial charge in [0.2, 0.25) is 0 Å². The van der Waals surface area contributed by atoms with Crippen molar-refractivity contribution in [3.8, 4) is 0 Å². The Balaban J connectivity index is 4.71. The SMILES string of the molecule is CCCCC/C=C\C/C=C\C/C=C\CCCCCCCCC(=O)OCC(O)COP(=O)(O)OCC(O)COP(=O)(O)OCC(COC(=O)CCCCCCCC/C=C\C/C=C\C/C=C\CCCCC)OC(=O)CCCCCCC/C=C\C/C=C\CCCCC. The molecule has 0 spiro atoms. The Morgan fingerprint density at radius 2 is 0.562 bits per heavy atom. The lowest BCUT2D eigenvalue weighted by Gasteiger charge is -2.21. The number of hydrogen-bond acceptors (Lipinski definition) is 14. The molecule has 16 nitrogen and oxygen atoms in total. The first-order valence-electron chi connectivity index (χ1n) is 34.5. The van der Waals surface area contributed by atoms with Crippen LogP contribution in [0.25, 0.3) is 0 Å². The average molecular weight is 1300 g/mol. The van der Waals surface area contributed by atoms with E-state index >= 15 is 0 Å². The number of phosphoric ester groups is 2. The fourth-order valence-corrected chi connectivity index (χ4v) is 10.5. The van der Waals surface area contributed by atoms with E-state index in [9.17, 15) is 43.5 Å². The first-order valence-corrected chi connectivity index (χ1v) is 37.5. The third kappa shape index (κ3) is 65.8. The summed E-state index contributed by atoms with van der Waals surface area (Å²) in [5.41, 5.74) is 0. The second-order valence-corrected chi connectivity index (χ2v) is 25.9. The van der Waals surface area contributed by atoms with Crippen molar-refractivity contribution in [3.05, 3.63) is 97.2 Å². The number of carbonyl (C=O) groups excluding carboxylic acids is 3. The van der Waals surface area contributed by atoms with Gasteiger partial charge in [-0.15, -0.1) is 0 Å². The molecule has 0 rings (SSSR count). The minimum Gasteiger partial charge on any atom is -0.463 e. The normalized spacial score (nSPS) is 14.8. The van der Waals surface area contributed by atoms with Crippen molar-refractivity contribution < 1.29 is 75.8 Å². The van der Waals surface area contributed by atoms with E-state index in [1.54, 1.807) is 0 Å². The molecule has 514 valence electrons. The molecular formula is C71H124O16P2. The Morgan fingerprint density at radius 1 is 0.315 bits per heavy atom. The number of allylic oxidation sites excluding steroid dienone is 16. The van der Waals surface area contributed by atoms with Crippen LogP contribution in [0.15, 0.2) is 97.2 Å². The highest BCUT2D eigenvalue weighted by molar-refractivity contribution is 7.47. The van der Waals surface area contributed by atoms with Crippen LogP contribution < -0.4 is 0 Å². The van der Waals surface area contributed by atoms with Gasteiger partial charge in [-0.05, 0) is 128 Å². The molecule has 18 heteroatoms. The molecule has 0 aromatic rings. The second kappa shape index (κ2) is 64.6. The van der Waals surface area contributed by atoms with Crippen LogP contribution in [-0.4, -0.2) is 95.9 Å². The van der Waals surface area contributed by atoms with E-state index < -0.39 is 91.5 Å². The Bertz CT molecular complexity index is 2010. The summed E-state index contributed by atoms with van der Waals surface area (Å²) >= 11 is 0. The molecule has 5 unspecified atom stereocenters. The summed E-state index contributed by atoms with van der Waals surface area (Å²) in [7, 11) is -9.79. The van der Waals surface area contributed by atoms with E-state index in [2.05, 4.69) is 118 Å². The zero-order chi connectivity index (χ0) is 65.3. The van der Waals surface area contributed by atoms with Gasteiger partial charge in [0.15, 0.2) is 6.10 Å². The Morgan fingerprint density at radius 3 is 0.888 bits per heavy atom. The lowest BCUT2D eigenvalue weighted by Crippen LogP contribution is -2.30. The maximum Gasteiger partial charge on any atom is 0.472 e. The molecule has 0 heterocycles. The van der Waals surface area contributed by atoms with Crippen molar-refractivity contribution in [3.63, 3.8) is 0 Å². The highest BCUT2D eigenvalue weighted by Crippen LogP contribution is 2.45. The zero-order valence-corrected chi connectivity index (χ0v) is 57.4. The molecule has 89 heavy (non-hydrogen) atoms. The summed E-state index contributed by atoms with van der Waals surface area (Å²) in [5.74, 6) is -1.62. The summed E-state index contributed by atoms with van der Waals surface area (Å²) in [6, 6.07) is 0. The maximum atomic E-state index is 12.9. The van der Waals surface area contributed by atoms with Gasteiger partial charge >= 0.3 is 33.6 Å². The number of hydrogen-bond donors (Lipinski definition) is 4. The number of aliphatic hydroxyl groups is 2. The standard InChI is InChI=1S/C71H124O16P2/c1-4-7-10-13-16-19-22-25-28-30-32-34-37-39-42-45-48-51-54-57-69(74)81-60-66(72)61-83-88(77,78)84-62-67(73)63-85-89(79,80)86-65-68(87-71(76)59-56-53-50-47-44-41-36-27-24-21-18-15-12-9-6-3)64-82-70(75)58-55-52-49-46-43-40-38-35-33-31-29-26-23-20-17-14-11-8-5-2/h16-21,25-29,32-36,66-68,72-73H,4-15,22-24,30-31,37-65H2,1-3H3,(H,77,78)(H,79,80)/b19-16-,20-17-,21-18-,28-25-,29-26-,34-32-,35-33-,36-27-. The van der Waals surface area contributed by atoms with Crippen LogP contribution in [-0.2, 0) is 55.8 Å². The number of rotatable bonds is 65. The summed E-state index contributed by atoms with van der Waals surface area (Å²) < 4.78 is 60.9. The van der Waals surface area contributed by atoms with Crippen LogP contribution >= 0.6 is 15.6 Å². The molecule has 0 bridgehead atoms. The molecule has 0 fully saturated rings. The van der Waals surface area contributed by atoms with Crippen LogP contribution in [0.3, 0.4) is 0 Å². The van der Waals surface area contributed by atoms with Crippen LogP contribution in [0.1, 0.15) is 278 Å². The van der Waals surface area contributed by atoms with Gasteiger partial charge in [0.1, 0.15) is 25.4 Å². The van der Waals surface area contributed by atoms with Crippen molar-refractivity contribution in [2.75, 3.05) is 39.6 Å². The fourth-order valence-electron chi connectivity index (χ4n) is 8.91. The maximum absolute atomic E-state index is 12.9. The molecule has 0 aromatic heterocycles. The number of ether oxygens (including phenoxy) is 3. The van der Waals surface area contributed by atoms with E-state index in [0.717, 1.165) is 154 Å². The Kier molecular flexibility index (Phi) is 62.0. The highest BCUT2D eigenvalue weighted by atomic mass is 31.2. The monoisotopic (exact) mass is 1290 g/mol.